The summed E-state index contributed by atoms with van der Waals surface area (Å²) in [6.45, 7) is 2.66. The van der Waals surface area contributed by atoms with E-state index in [9.17, 15) is 0 Å². The van der Waals surface area contributed by atoms with Crippen LogP contribution in [0.2, 0.25) is 0 Å². The van der Waals surface area contributed by atoms with E-state index in [1.54, 1.807) is 0 Å². The second-order valence-corrected chi connectivity index (χ2v) is 3.45. The first-order valence-corrected chi connectivity index (χ1v) is 4.45. The van der Waals surface area contributed by atoms with Crippen LogP contribution in [0.25, 0.3) is 0 Å². The minimum Gasteiger partial charge on any atom is -0.446 e. The molecule has 1 heterocycles. The Balaban J connectivity index is 2.22. The van der Waals surface area contributed by atoms with Gasteiger partial charge < -0.3 is 10.2 Å². The quantitative estimate of drug-likeness (QED) is 0.678. The highest BCUT2D eigenvalue weighted by Gasteiger charge is 2.21. The fraction of sp³-hybridized carbons (Fsp3) is 0.667. The van der Waals surface area contributed by atoms with Gasteiger partial charge in [-0.05, 0) is 25.3 Å². The molecule has 0 fully saturated rings. The van der Waals surface area contributed by atoms with Crippen molar-refractivity contribution in [3.8, 4) is 0 Å². The third-order valence-electron chi connectivity index (χ3n) is 2.48. The van der Waals surface area contributed by atoms with Gasteiger partial charge in [-0.15, -0.1) is 0 Å². The lowest BCUT2D eigenvalue weighted by molar-refractivity contribution is 0.389. The Labute approximate surface area is 72.0 Å². The number of hydrogen-bond acceptors (Lipinski definition) is 3. The number of oxazole rings is 1. The van der Waals surface area contributed by atoms with E-state index in [4.69, 9.17) is 10.2 Å². The van der Waals surface area contributed by atoms with Crippen LogP contribution in [-0.4, -0.2) is 11.5 Å². The van der Waals surface area contributed by atoms with Gasteiger partial charge in [-0.2, -0.15) is 0 Å². The predicted molar refractivity (Wildman–Crippen MR) is 45.8 cm³/mol. The molecule has 1 aliphatic carbocycles. The van der Waals surface area contributed by atoms with Crippen LogP contribution in [0.1, 0.15) is 23.8 Å². The van der Waals surface area contributed by atoms with Gasteiger partial charge in [-0.25, -0.2) is 4.98 Å². The minimum absolute atomic E-state index is 0.602. The normalized spacial score (nSPS) is 22.3. The van der Waals surface area contributed by atoms with Crippen molar-refractivity contribution in [3.63, 3.8) is 0 Å². The van der Waals surface area contributed by atoms with Crippen LogP contribution >= 0.6 is 0 Å². The highest BCUT2D eigenvalue weighted by molar-refractivity contribution is 5.14. The van der Waals surface area contributed by atoms with Crippen molar-refractivity contribution in [2.75, 3.05) is 6.54 Å². The Bertz CT molecular complexity index is 280. The fourth-order valence-corrected chi connectivity index (χ4v) is 1.77. The maximum absolute atomic E-state index is 5.61. The third kappa shape index (κ3) is 1.25. The average molecular weight is 166 g/mol. The zero-order chi connectivity index (χ0) is 8.55. The van der Waals surface area contributed by atoms with Crippen LogP contribution in [0.4, 0.5) is 0 Å². The lowest BCUT2D eigenvalue weighted by Gasteiger charge is -2.17. The molecule has 0 saturated heterocycles. The number of aromatic nitrogens is 1. The smallest absolute Gasteiger partial charge is 0.191 e. The zero-order valence-corrected chi connectivity index (χ0v) is 7.34. The number of hydrogen-bond donors (Lipinski definition) is 1. The van der Waals surface area contributed by atoms with Gasteiger partial charge in [-0.1, -0.05) is 0 Å². The van der Waals surface area contributed by atoms with Gasteiger partial charge in [0.05, 0.1) is 5.69 Å². The molecule has 0 spiro atoms. The summed E-state index contributed by atoms with van der Waals surface area (Å²) >= 11 is 0. The number of nitrogens with zero attached hydrogens (tertiary/aromatic N) is 1. The van der Waals surface area contributed by atoms with E-state index in [1.165, 1.54) is 0 Å². The van der Waals surface area contributed by atoms with E-state index in [0.717, 1.165) is 43.2 Å². The third-order valence-corrected chi connectivity index (χ3v) is 2.48. The molecule has 2 rings (SSSR count). The number of aryl methyl sites for hydroxylation is 2. The molecule has 0 saturated carbocycles. The number of rotatable bonds is 1. The van der Waals surface area contributed by atoms with Gasteiger partial charge in [0.2, 0.25) is 0 Å². The Morgan fingerprint density at radius 1 is 1.67 bits per heavy atom. The second-order valence-electron chi connectivity index (χ2n) is 3.45. The lowest BCUT2D eigenvalue weighted by atomic mass is 9.91. The molecule has 66 valence electrons. The van der Waals surface area contributed by atoms with Crippen LogP contribution < -0.4 is 5.73 Å². The van der Waals surface area contributed by atoms with Crippen molar-refractivity contribution < 1.29 is 4.42 Å². The van der Waals surface area contributed by atoms with Crippen molar-refractivity contribution in [2.45, 2.75) is 26.2 Å². The summed E-state index contributed by atoms with van der Waals surface area (Å²) in [5.74, 6) is 2.46. The minimum atomic E-state index is 0.602. The summed E-state index contributed by atoms with van der Waals surface area (Å²) in [4.78, 5) is 4.31. The largest absolute Gasteiger partial charge is 0.446 e. The van der Waals surface area contributed by atoms with E-state index >= 15 is 0 Å². The molecule has 2 N–H and O–H groups in total. The van der Waals surface area contributed by atoms with Crippen LogP contribution in [-0.2, 0) is 12.8 Å². The van der Waals surface area contributed by atoms with Gasteiger partial charge in [0.15, 0.2) is 5.89 Å². The predicted octanol–water partition coefficient (Wildman–Crippen LogP) is 1.05. The maximum atomic E-state index is 5.61. The number of nitrogens with two attached hydrogens (primary N) is 1. The first kappa shape index (κ1) is 7.80. The van der Waals surface area contributed by atoms with Crippen LogP contribution in [0.15, 0.2) is 4.42 Å². The Morgan fingerprint density at radius 2 is 2.50 bits per heavy atom. The molecule has 0 aromatic carbocycles. The zero-order valence-electron chi connectivity index (χ0n) is 7.34. The Kier molecular flexibility index (Phi) is 1.89. The van der Waals surface area contributed by atoms with E-state index in [1.807, 2.05) is 6.92 Å². The molecule has 0 amide bonds. The molecule has 3 nitrogen and oxygen atoms in total. The molecule has 0 aliphatic heterocycles. The fourth-order valence-electron chi connectivity index (χ4n) is 1.77. The Hall–Kier alpha value is -0.830. The van der Waals surface area contributed by atoms with E-state index < -0.39 is 0 Å². The summed E-state index contributed by atoms with van der Waals surface area (Å²) in [6, 6.07) is 0. The molecule has 12 heavy (non-hydrogen) atoms. The molecule has 1 atom stereocenters. The van der Waals surface area contributed by atoms with Crippen molar-refractivity contribution in [1.82, 2.24) is 4.98 Å². The summed E-state index contributed by atoms with van der Waals surface area (Å²) in [7, 11) is 0. The van der Waals surface area contributed by atoms with Crippen LogP contribution in [0.3, 0.4) is 0 Å². The van der Waals surface area contributed by atoms with Crippen molar-refractivity contribution in [1.29, 1.82) is 0 Å². The molecule has 0 radical (unpaired) electrons. The molecule has 3 heteroatoms. The van der Waals surface area contributed by atoms with Crippen molar-refractivity contribution >= 4 is 0 Å². The first-order chi connectivity index (χ1) is 5.79. The average Bonchev–Trinajstić information content (AvgIpc) is 2.43. The van der Waals surface area contributed by atoms with Crippen LogP contribution in [0, 0.1) is 12.8 Å². The van der Waals surface area contributed by atoms with Gasteiger partial charge in [0, 0.05) is 13.3 Å². The van der Waals surface area contributed by atoms with Gasteiger partial charge >= 0.3 is 0 Å². The van der Waals surface area contributed by atoms with E-state index in [0.29, 0.717) is 5.92 Å². The standard InChI is InChI=1S/C9H14N2O/c1-6-11-8-3-2-7(5-10)4-9(8)12-6/h7H,2-5,10H2,1H3. The van der Waals surface area contributed by atoms with Crippen molar-refractivity contribution in [2.24, 2.45) is 11.7 Å². The molecule has 1 aliphatic rings. The second kappa shape index (κ2) is 2.90. The molecule has 0 bridgehead atoms. The summed E-state index contributed by atoms with van der Waals surface area (Å²) in [6.07, 6.45) is 3.18. The number of fused-ring (bicyclic) bond motifs is 1. The van der Waals surface area contributed by atoms with Gasteiger partial charge in [0.25, 0.3) is 0 Å². The van der Waals surface area contributed by atoms with E-state index in [2.05, 4.69) is 4.98 Å². The molecule has 1 aromatic heterocycles. The summed E-state index contributed by atoms with van der Waals surface area (Å²) < 4.78 is 5.47. The highest BCUT2D eigenvalue weighted by atomic mass is 16.4. The van der Waals surface area contributed by atoms with Crippen LogP contribution in [0.5, 0.6) is 0 Å². The summed E-state index contributed by atoms with van der Waals surface area (Å²) in [5.41, 5.74) is 6.76. The van der Waals surface area contributed by atoms with Gasteiger partial charge in [0.1, 0.15) is 5.76 Å². The lowest BCUT2D eigenvalue weighted by Crippen LogP contribution is -2.21. The molecule has 1 aromatic rings. The Morgan fingerprint density at radius 3 is 3.25 bits per heavy atom. The van der Waals surface area contributed by atoms with Crippen molar-refractivity contribution in [3.05, 3.63) is 17.3 Å². The van der Waals surface area contributed by atoms with E-state index in [-0.39, 0.29) is 0 Å². The molecular formula is C9H14N2O. The van der Waals surface area contributed by atoms with Gasteiger partial charge in [-0.3, -0.25) is 0 Å². The first-order valence-electron chi connectivity index (χ1n) is 4.45. The monoisotopic (exact) mass is 166 g/mol. The SMILES string of the molecule is Cc1nc2c(o1)CC(CN)CC2. The summed E-state index contributed by atoms with van der Waals surface area (Å²) in [5, 5.41) is 0. The molecular weight excluding hydrogens is 152 g/mol. The maximum Gasteiger partial charge on any atom is 0.191 e. The molecule has 1 unspecified atom stereocenters. The topological polar surface area (TPSA) is 52.0 Å². The highest BCUT2D eigenvalue weighted by Crippen LogP contribution is 2.24.